The van der Waals surface area contributed by atoms with Crippen molar-refractivity contribution in [2.75, 3.05) is 223 Å². The lowest BCUT2D eigenvalue weighted by Gasteiger charge is -2.33. The molecule has 0 aromatic carbocycles. The molecule has 720 valence electrons. The van der Waals surface area contributed by atoms with E-state index in [1.54, 1.807) is 0 Å². The molecule has 0 saturated carbocycles. The van der Waals surface area contributed by atoms with Crippen LogP contribution in [-0.4, -0.2) is 323 Å². The highest BCUT2D eigenvalue weighted by Gasteiger charge is 2.37. The first-order chi connectivity index (χ1) is 65.4. The first kappa shape index (κ1) is 97.8. The number of anilines is 5. The third-order valence-electron chi connectivity index (χ3n) is 28.8. The Labute approximate surface area is 803 Å². The summed E-state index contributed by atoms with van der Waals surface area (Å²) in [7, 11) is 10.9. The number of likely N-dealkylation sites (tertiary alicyclic amines) is 5. The molecule has 0 amide bonds. The largest absolute Gasteiger partial charge is 0.354 e. The summed E-state index contributed by atoms with van der Waals surface area (Å²) in [4.78, 5) is 107. The van der Waals surface area contributed by atoms with Crippen molar-refractivity contribution in [2.45, 2.75) is 190 Å². The summed E-state index contributed by atoms with van der Waals surface area (Å²) in [5.41, 5.74) is 16.4. The Bertz CT molecular complexity index is 5280. The Morgan fingerprint density at radius 1 is 0.267 bits per heavy atom. The molecule has 2 unspecified atom stereocenters. The summed E-state index contributed by atoms with van der Waals surface area (Å²) >= 11 is 0. The van der Waals surface area contributed by atoms with Crippen molar-refractivity contribution >= 4 is 29.1 Å². The minimum atomic E-state index is 0.369. The van der Waals surface area contributed by atoms with Crippen molar-refractivity contribution in [1.29, 1.82) is 0 Å². The average molecular weight is 1830 g/mol. The van der Waals surface area contributed by atoms with Crippen LogP contribution in [0.4, 0.5) is 29.1 Å². The molecule has 6 atom stereocenters. The predicted octanol–water partition coefficient (Wildman–Crippen LogP) is 12.8. The minimum Gasteiger partial charge on any atom is -0.354 e. The second-order valence-corrected chi connectivity index (χ2v) is 39.7. The zero-order valence-electron chi connectivity index (χ0n) is 83.6. The zero-order chi connectivity index (χ0) is 94.0. The highest BCUT2D eigenvalue weighted by molar-refractivity contribution is 5.45. The second-order valence-electron chi connectivity index (χ2n) is 39.7. The third kappa shape index (κ3) is 26.8. The summed E-state index contributed by atoms with van der Waals surface area (Å²) in [6, 6.07) is 38.3. The normalized spacial score (nSPS) is 22.3. The topological polar surface area (TPSA) is 242 Å². The van der Waals surface area contributed by atoms with E-state index in [-0.39, 0.29) is 0 Å². The molecule has 135 heavy (non-hydrogen) atoms. The van der Waals surface area contributed by atoms with E-state index < -0.39 is 0 Å². The Morgan fingerprint density at radius 2 is 0.630 bits per heavy atom. The van der Waals surface area contributed by atoms with Crippen molar-refractivity contribution in [2.24, 2.45) is 5.92 Å². The smallest absolute Gasteiger partial charge is 0.132 e. The van der Waals surface area contributed by atoms with Crippen LogP contribution in [0.2, 0.25) is 0 Å². The molecule has 10 aromatic rings. The van der Waals surface area contributed by atoms with E-state index in [9.17, 15) is 0 Å². The van der Waals surface area contributed by atoms with Gasteiger partial charge in [0, 0.05) is 224 Å². The monoisotopic (exact) mass is 1830 g/mol. The lowest BCUT2D eigenvalue weighted by molar-refractivity contribution is 0.218. The van der Waals surface area contributed by atoms with Crippen LogP contribution in [0.5, 0.6) is 0 Å². The van der Waals surface area contributed by atoms with Crippen molar-refractivity contribution in [3.05, 3.63) is 236 Å². The Balaban J connectivity index is 0.000000123. The van der Waals surface area contributed by atoms with Gasteiger partial charge in [-0.2, -0.15) is 0 Å². The number of pyridine rings is 5. The van der Waals surface area contributed by atoms with Crippen LogP contribution in [0.1, 0.15) is 203 Å². The molecule has 0 N–H and O–H groups in total. The lowest BCUT2D eigenvalue weighted by atomic mass is 9.99. The maximum Gasteiger partial charge on any atom is 0.132 e. The molecule has 10 fully saturated rings. The van der Waals surface area contributed by atoms with Crippen LogP contribution in [0.25, 0.3) is 0 Å². The summed E-state index contributed by atoms with van der Waals surface area (Å²) in [5, 5.41) is 0. The van der Waals surface area contributed by atoms with Gasteiger partial charge in [-0.1, -0.05) is 31.2 Å². The van der Waals surface area contributed by atoms with Gasteiger partial charge >= 0.3 is 0 Å². The molecule has 20 rings (SSSR count). The van der Waals surface area contributed by atoms with E-state index in [1.807, 2.05) is 71.5 Å². The second kappa shape index (κ2) is 46.7. The molecular weight excluding hydrogens is 1680 g/mol. The van der Waals surface area contributed by atoms with Crippen LogP contribution < -0.4 is 24.5 Å². The van der Waals surface area contributed by atoms with Gasteiger partial charge in [-0.3, -0.25) is 49.4 Å². The van der Waals surface area contributed by atoms with Gasteiger partial charge in [0.1, 0.15) is 58.2 Å². The molecule has 30 heteroatoms. The zero-order valence-corrected chi connectivity index (χ0v) is 83.6. The van der Waals surface area contributed by atoms with Gasteiger partial charge in [0.15, 0.2) is 0 Å². The number of rotatable bonds is 20. The van der Waals surface area contributed by atoms with E-state index in [0.29, 0.717) is 36.1 Å². The summed E-state index contributed by atoms with van der Waals surface area (Å²) in [6.07, 6.45) is 18.5. The maximum atomic E-state index is 4.78. The van der Waals surface area contributed by atoms with Gasteiger partial charge in [-0.15, -0.1) is 0 Å². The van der Waals surface area contributed by atoms with Crippen LogP contribution in [0.3, 0.4) is 0 Å². The molecule has 0 aliphatic carbocycles. The van der Waals surface area contributed by atoms with E-state index in [2.05, 4.69) is 254 Å². The number of piperazine rings is 5. The van der Waals surface area contributed by atoms with Crippen molar-refractivity contribution < 1.29 is 0 Å². The predicted molar refractivity (Wildman–Crippen MR) is 539 cm³/mol. The number of aromatic nitrogens is 15. The number of hydrogen-bond donors (Lipinski definition) is 0. The summed E-state index contributed by atoms with van der Waals surface area (Å²) in [6.45, 7) is 51.9. The van der Waals surface area contributed by atoms with E-state index in [0.717, 1.165) is 289 Å². The van der Waals surface area contributed by atoms with E-state index >= 15 is 0 Å². The Hall–Kier alpha value is -10.3. The fourth-order valence-electron chi connectivity index (χ4n) is 21.1. The fraction of sp³-hybridized carbons (Fsp3) is 0.571. The molecule has 0 bridgehead atoms. The fourth-order valence-corrected chi connectivity index (χ4v) is 21.1. The number of hydrogen-bond acceptors (Lipinski definition) is 30. The maximum absolute atomic E-state index is 4.78. The van der Waals surface area contributed by atoms with Gasteiger partial charge in [0.25, 0.3) is 0 Å². The number of likely N-dealkylation sites (N-methyl/N-ethyl adjacent to an activating group) is 5. The van der Waals surface area contributed by atoms with Gasteiger partial charge in [0.05, 0.1) is 87.1 Å². The molecule has 10 aromatic heterocycles. The molecule has 10 saturated heterocycles. The first-order valence-electron chi connectivity index (χ1n) is 50.2. The molecule has 0 radical (unpaired) electrons. The minimum absolute atomic E-state index is 0.369. The molecule has 0 spiro atoms. The van der Waals surface area contributed by atoms with Crippen molar-refractivity contribution in [3.63, 3.8) is 0 Å². The van der Waals surface area contributed by atoms with Gasteiger partial charge in [-0.25, -0.2) is 49.8 Å². The van der Waals surface area contributed by atoms with Crippen LogP contribution >= 0.6 is 0 Å². The highest BCUT2D eigenvalue weighted by Crippen LogP contribution is 2.40. The van der Waals surface area contributed by atoms with Gasteiger partial charge in [0.2, 0.25) is 0 Å². The average Bonchev–Trinajstić information content (AvgIpc) is 1.74. The first-order valence-corrected chi connectivity index (χ1v) is 50.2. The SMILES string of the molecule is Cc1ccc([C@@H]2CCCN2Cc2cc(N3CCN(C)CC3)nc(C)n2)nc1.Cc1cccc([C@@H]2CCCN2Cc2cc(N3CCN(C)CC3)nc(C)n2)n1.Cc1ccnc([C@@H]2CCCN2Cc2cc(N3CCN(C)CC3)nc(C)n2)c1.Cc1nc(CN2CCC(C)C2c2ccccn2)cc(N2CCN(C)CC2)n1.Cc1nc(CN2CCC[C@H]2c2ncccc2C)cc(N2CCN(C)CC2)n1. The third-order valence-corrected chi connectivity index (χ3v) is 28.8. The highest BCUT2D eigenvalue weighted by atomic mass is 15.3. The number of aryl methyl sites for hydroxylation is 9. The van der Waals surface area contributed by atoms with Crippen LogP contribution in [-0.2, 0) is 32.7 Å². The van der Waals surface area contributed by atoms with Gasteiger partial charge < -0.3 is 49.0 Å². The van der Waals surface area contributed by atoms with Crippen molar-refractivity contribution in [3.8, 4) is 0 Å². The molecule has 30 nitrogen and oxygen atoms in total. The molecule has 10 aliphatic rings. The molecule has 10 aliphatic heterocycles. The van der Waals surface area contributed by atoms with E-state index in [1.165, 1.54) is 103 Å². The number of nitrogens with zero attached hydrogens (tertiary/aromatic N) is 30. The van der Waals surface area contributed by atoms with Gasteiger partial charge in [-0.05, 0) is 259 Å². The van der Waals surface area contributed by atoms with Crippen LogP contribution in [0, 0.1) is 68.2 Å². The van der Waals surface area contributed by atoms with Crippen molar-refractivity contribution in [1.82, 2.24) is 124 Å². The Morgan fingerprint density at radius 3 is 1.00 bits per heavy atom. The molecular formula is C105H150N30. The van der Waals surface area contributed by atoms with E-state index in [4.69, 9.17) is 54.8 Å². The summed E-state index contributed by atoms with van der Waals surface area (Å²) < 4.78 is 0. The standard InChI is InChI=1S/5C21H30N6/c1-16-6-4-8-22-21(16)19-7-5-9-27(19)15-18-14-20(24-17(2)23-18)26-12-10-25(3)11-13-26;1-16-6-4-7-19(22-16)20-8-5-9-27(20)15-18-14-21(24-17(2)23-18)26-12-10-25(3)11-13-26;1-16-6-7-19(22-14-16)20-5-4-8-27(20)15-18-13-21(24-17(2)23-18)26-11-9-25(3)10-12-26;1-16-6-7-22-19(13-16)20-5-4-8-27(20)15-18-14-21(24-17(2)23-18)26-11-9-25(3)10-12-26;1-16-7-9-27(21(16)19-6-4-5-8-22-19)15-18-14-20(24-17(2)23-18)26-12-10-25(3)11-13-26/h4,6,8,14,19H,5,7,9-13,15H2,1-3H3;4,6-7,14,20H,5,8-13,15H2,1-3H3;2*6-7,13-14,20H,4-5,8-12,15H2,1-3H3;4-6,8,14,16,21H,7,9-13,15H2,1-3H3/t19-;3*20-;/m0000./s1. The Kier molecular flexibility index (Phi) is 33.9. The van der Waals surface area contributed by atoms with Crippen LogP contribution in [0.15, 0.2) is 128 Å². The summed E-state index contributed by atoms with van der Waals surface area (Å²) in [5.74, 6) is 10.3. The quantitative estimate of drug-likeness (QED) is 0.0688. The molecule has 20 heterocycles. The lowest BCUT2D eigenvalue weighted by Crippen LogP contribution is -2.45.